The highest BCUT2D eigenvalue weighted by Crippen LogP contribution is 2.00. The van der Waals surface area contributed by atoms with E-state index in [1.165, 1.54) is 0 Å². The lowest BCUT2D eigenvalue weighted by Gasteiger charge is -2.15. The smallest absolute Gasteiger partial charge is 0.473 e. The van der Waals surface area contributed by atoms with E-state index < -0.39 is 14.8 Å². The fourth-order valence-electron chi connectivity index (χ4n) is 0.680. The van der Waals surface area contributed by atoms with Crippen molar-refractivity contribution in [1.29, 1.82) is 0 Å². The number of hydrogen-bond donors (Lipinski definition) is 0. The van der Waals surface area contributed by atoms with Crippen molar-refractivity contribution in [2.24, 2.45) is 0 Å². The molecule has 0 heterocycles. The standard InChI is InChI=1S/2C3H7O.C2H3.Al/c2*1-3(2)4;1-2;/h2*3H,1-2H3;1H,2H2;/q2*-1;;+2. The molecule has 0 radical (unpaired) electrons. The molecule has 0 unspecified atom stereocenters. The van der Waals surface area contributed by atoms with Gasteiger partial charge < -0.3 is 7.58 Å². The maximum absolute atomic E-state index is 5.51. The van der Waals surface area contributed by atoms with Crippen LogP contribution in [0.3, 0.4) is 0 Å². The molecule has 0 bridgehead atoms. The SMILES string of the molecule is C=[CH][Al]([O]C(C)C)[O]C(C)C. The van der Waals surface area contributed by atoms with Crippen molar-refractivity contribution in [2.75, 3.05) is 0 Å². The van der Waals surface area contributed by atoms with E-state index in [2.05, 4.69) is 6.58 Å². The third-order valence-corrected chi connectivity index (χ3v) is 3.02. The van der Waals surface area contributed by atoms with Crippen LogP contribution in [0.4, 0.5) is 0 Å². The quantitative estimate of drug-likeness (QED) is 0.591. The van der Waals surface area contributed by atoms with E-state index in [4.69, 9.17) is 7.58 Å². The highest BCUT2D eigenvalue weighted by molar-refractivity contribution is 6.50. The fraction of sp³-hybridized carbons (Fsp3) is 0.750. The zero-order valence-electron chi connectivity index (χ0n) is 7.83. The Balaban J connectivity index is 3.67. The van der Waals surface area contributed by atoms with E-state index in [0.29, 0.717) is 0 Å². The zero-order chi connectivity index (χ0) is 8.85. The molecule has 3 heteroatoms. The monoisotopic (exact) mass is 172 g/mol. The normalized spacial score (nSPS) is 10.7. The van der Waals surface area contributed by atoms with Gasteiger partial charge in [-0.25, -0.2) is 0 Å². The molecule has 0 saturated heterocycles. The van der Waals surface area contributed by atoms with Crippen LogP contribution in [0.25, 0.3) is 0 Å². The molecule has 0 rings (SSSR count). The van der Waals surface area contributed by atoms with Crippen molar-refractivity contribution in [3.63, 3.8) is 0 Å². The molecule has 0 saturated carbocycles. The van der Waals surface area contributed by atoms with E-state index in [-0.39, 0.29) is 12.2 Å². The third kappa shape index (κ3) is 6.58. The molecule has 0 fully saturated rings. The van der Waals surface area contributed by atoms with Gasteiger partial charge in [0.1, 0.15) is 0 Å². The Bertz CT molecular complexity index is 103. The molecule has 2 nitrogen and oxygen atoms in total. The molecule has 11 heavy (non-hydrogen) atoms. The van der Waals surface area contributed by atoms with Crippen LogP contribution in [0, 0.1) is 0 Å². The second kappa shape index (κ2) is 5.79. The first kappa shape index (κ1) is 11.2. The first-order chi connectivity index (χ1) is 5.06. The van der Waals surface area contributed by atoms with Crippen molar-refractivity contribution in [3.05, 3.63) is 11.5 Å². The van der Waals surface area contributed by atoms with Crippen molar-refractivity contribution < 1.29 is 7.58 Å². The van der Waals surface area contributed by atoms with Crippen LogP contribution in [0.1, 0.15) is 27.7 Å². The number of rotatable bonds is 5. The average molecular weight is 172 g/mol. The van der Waals surface area contributed by atoms with Crippen molar-refractivity contribution in [3.8, 4) is 0 Å². The second-order valence-corrected chi connectivity index (χ2v) is 4.73. The van der Waals surface area contributed by atoms with E-state index in [1.807, 2.05) is 27.7 Å². The minimum Gasteiger partial charge on any atom is -0.473 e. The van der Waals surface area contributed by atoms with E-state index in [9.17, 15) is 0 Å². The molecular weight excluding hydrogens is 155 g/mol. The van der Waals surface area contributed by atoms with Gasteiger partial charge in [0.25, 0.3) is 0 Å². The molecule has 64 valence electrons. The van der Waals surface area contributed by atoms with Crippen LogP contribution in [0.5, 0.6) is 0 Å². The average Bonchev–Trinajstić information content (AvgIpc) is 1.84. The summed E-state index contributed by atoms with van der Waals surface area (Å²) < 4.78 is 11.0. The van der Waals surface area contributed by atoms with E-state index >= 15 is 0 Å². The van der Waals surface area contributed by atoms with Gasteiger partial charge >= 0.3 is 14.8 Å². The predicted octanol–water partition coefficient (Wildman–Crippen LogP) is 2.05. The van der Waals surface area contributed by atoms with Gasteiger partial charge in [-0.3, -0.25) is 0 Å². The Morgan fingerprint density at radius 1 is 1.09 bits per heavy atom. The molecule has 0 spiro atoms. The molecule has 0 N–H and O–H groups in total. The van der Waals surface area contributed by atoms with Gasteiger partial charge in [0.15, 0.2) is 0 Å². The first-order valence-corrected chi connectivity index (χ1v) is 5.60. The van der Waals surface area contributed by atoms with Crippen LogP contribution in [-0.4, -0.2) is 27.0 Å². The largest absolute Gasteiger partial charge is 0.709 e. The zero-order valence-corrected chi connectivity index (χ0v) is 8.99. The Labute approximate surface area is 74.3 Å². The lowest BCUT2D eigenvalue weighted by Crippen LogP contribution is -2.27. The minimum atomic E-state index is -1.56. The maximum Gasteiger partial charge on any atom is 0.709 e. The van der Waals surface area contributed by atoms with Gasteiger partial charge in [-0.15, -0.1) is 6.58 Å². The van der Waals surface area contributed by atoms with Crippen LogP contribution in [-0.2, 0) is 7.58 Å². The molecule has 0 aliphatic carbocycles. The molecular formula is C8H17AlO2. The van der Waals surface area contributed by atoms with E-state index in [0.717, 1.165) is 0 Å². The molecule has 0 amide bonds. The van der Waals surface area contributed by atoms with E-state index in [1.54, 1.807) is 4.94 Å². The second-order valence-electron chi connectivity index (χ2n) is 2.97. The number of hydrogen-bond acceptors (Lipinski definition) is 2. The molecule has 0 aromatic rings. The van der Waals surface area contributed by atoms with Crippen LogP contribution in [0.15, 0.2) is 11.5 Å². The van der Waals surface area contributed by atoms with Gasteiger partial charge in [0.2, 0.25) is 0 Å². The third-order valence-electron chi connectivity index (χ3n) is 1.01. The Morgan fingerprint density at radius 2 is 1.45 bits per heavy atom. The topological polar surface area (TPSA) is 18.5 Å². The summed E-state index contributed by atoms with van der Waals surface area (Å²) in [6, 6.07) is 0. The summed E-state index contributed by atoms with van der Waals surface area (Å²) in [6.45, 7) is 11.7. The summed E-state index contributed by atoms with van der Waals surface area (Å²) >= 11 is -1.56. The molecule has 0 aromatic heterocycles. The Morgan fingerprint density at radius 3 is 1.64 bits per heavy atom. The van der Waals surface area contributed by atoms with Gasteiger partial charge in [-0.2, -0.15) is 0 Å². The van der Waals surface area contributed by atoms with Crippen LogP contribution < -0.4 is 0 Å². The van der Waals surface area contributed by atoms with Gasteiger partial charge in [0.05, 0.1) is 0 Å². The lowest BCUT2D eigenvalue weighted by molar-refractivity contribution is 0.138. The molecule has 0 aromatic carbocycles. The summed E-state index contributed by atoms with van der Waals surface area (Å²) in [5, 5.41) is 0. The summed E-state index contributed by atoms with van der Waals surface area (Å²) in [4.78, 5) is 1.81. The van der Waals surface area contributed by atoms with Crippen molar-refractivity contribution in [2.45, 2.75) is 39.9 Å². The summed E-state index contributed by atoms with van der Waals surface area (Å²) in [5.74, 6) is 0. The van der Waals surface area contributed by atoms with Crippen molar-refractivity contribution in [1.82, 2.24) is 0 Å². The highest BCUT2D eigenvalue weighted by Gasteiger charge is 2.23. The highest BCUT2D eigenvalue weighted by atomic mass is 27.2. The summed E-state index contributed by atoms with van der Waals surface area (Å²) in [7, 11) is 0. The molecule has 0 aliphatic rings. The van der Waals surface area contributed by atoms with Crippen LogP contribution in [0.2, 0.25) is 0 Å². The predicted molar refractivity (Wildman–Crippen MR) is 48.4 cm³/mol. The van der Waals surface area contributed by atoms with Gasteiger partial charge in [-0.05, 0) is 27.7 Å². The Hall–Kier alpha value is 0.192. The maximum atomic E-state index is 5.51. The Kier molecular flexibility index (Phi) is 5.90. The summed E-state index contributed by atoms with van der Waals surface area (Å²) in [6.07, 6.45) is 0.479. The minimum absolute atomic E-state index is 0.239. The molecule has 0 atom stereocenters. The first-order valence-electron chi connectivity index (χ1n) is 3.99. The van der Waals surface area contributed by atoms with Crippen LogP contribution >= 0.6 is 0 Å². The lowest BCUT2D eigenvalue weighted by atomic mass is 10.5. The molecule has 0 aliphatic heterocycles. The van der Waals surface area contributed by atoms with Gasteiger partial charge in [0, 0.05) is 12.2 Å². The van der Waals surface area contributed by atoms with Crippen molar-refractivity contribution >= 4 is 14.8 Å². The van der Waals surface area contributed by atoms with Gasteiger partial charge in [-0.1, -0.05) is 4.94 Å². The summed E-state index contributed by atoms with van der Waals surface area (Å²) in [5.41, 5.74) is 0. The fourth-order valence-corrected chi connectivity index (χ4v) is 2.04.